The third kappa shape index (κ3) is 2.34. The Morgan fingerprint density at radius 2 is 2.16 bits per heavy atom. The SMILES string of the molecule is CCOC1CC(NC2CCN(C)CC2C)C12CCC2. The molecule has 1 N–H and O–H groups in total. The van der Waals surface area contributed by atoms with E-state index in [4.69, 9.17) is 4.74 Å². The zero-order valence-electron chi connectivity index (χ0n) is 12.8. The summed E-state index contributed by atoms with van der Waals surface area (Å²) >= 11 is 0. The Kier molecular flexibility index (Phi) is 3.89. The van der Waals surface area contributed by atoms with Crippen molar-refractivity contribution in [2.24, 2.45) is 11.3 Å². The number of hydrogen-bond donors (Lipinski definition) is 1. The number of nitrogens with zero attached hydrogens (tertiary/aromatic N) is 1. The Hall–Kier alpha value is -0.120. The predicted octanol–water partition coefficient (Wildman–Crippen LogP) is 2.26. The van der Waals surface area contributed by atoms with Crippen molar-refractivity contribution >= 4 is 0 Å². The van der Waals surface area contributed by atoms with E-state index in [1.807, 2.05) is 0 Å². The number of rotatable bonds is 4. The Bertz CT molecular complexity index is 316. The van der Waals surface area contributed by atoms with E-state index >= 15 is 0 Å². The third-order valence-electron chi connectivity index (χ3n) is 5.96. The molecule has 0 radical (unpaired) electrons. The summed E-state index contributed by atoms with van der Waals surface area (Å²) in [5, 5.41) is 4.00. The topological polar surface area (TPSA) is 24.5 Å². The number of likely N-dealkylation sites (tertiary alicyclic amines) is 1. The summed E-state index contributed by atoms with van der Waals surface area (Å²) in [4.78, 5) is 2.46. The molecule has 3 aliphatic rings. The molecular weight excluding hydrogens is 236 g/mol. The summed E-state index contributed by atoms with van der Waals surface area (Å²) in [5.41, 5.74) is 0.513. The van der Waals surface area contributed by atoms with E-state index in [0.29, 0.717) is 11.5 Å². The quantitative estimate of drug-likeness (QED) is 0.845. The molecular formula is C16H30N2O. The van der Waals surface area contributed by atoms with Crippen LogP contribution in [0.2, 0.25) is 0 Å². The molecule has 4 atom stereocenters. The van der Waals surface area contributed by atoms with E-state index in [0.717, 1.165) is 24.6 Å². The van der Waals surface area contributed by atoms with Crippen molar-refractivity contribution in [2.45, 2.75) is 64.1 Å². The fourth-order valence-corrected chi connectivity index (χ4v) is 4.53. The van der Waals surface area contributed by atoms with Gasteiger partial charge in [0.05, 0.1) is 6.10 Å². The maximum Gasteiger partial charge on any atom is 0.0661 e. The van der Waals surface area contributed by atoms with Crippen LogP contribution in [0.5, 0.6) is 0 Å². The van der Waals surface area contributed by atoms with Gasteiger partial charge in [0.15, 0.2) is 0 Å². The van der Waals surface area contributed by atoms with Gasteiger partial charge in [-0.1, -0.05) is 13.3 Å². The second-order valence-electron chi connectivity index (χ2n) is 7.12. The van der Waals surface area contributed by atoms with Gasteiger partial charge in [-0.25, -0.2) is 0 Å². The highest BCUT2D eigenvalue weighted by Crippen LogP contribution is 2.57. The van der Waals surface area contributed by atoms with Crippen LogP contribution in [-0.2, 0) is 4.74 Å². The fraction of sp³-hybridized carbons (Fsp3) is 1.00. The minimum atomic E-state index is 0.513. The van der Waals surface area contributed by atoms with Crippen LogP contribution in [0.4, 0.5) is 0 Å². The Labute approximate surface area is 118 Å². The molecule has 1 heterocycles. The van der Waals surface area contributed by atoms with Crippen molar-refractivity contribution in [3.8, 4) is 0 Å². The van der Waals surface area contributed by atoms with E-state index < -0.39 is 0 Å². The highest BCUT2D eigenvalue weighted by Gasteiger charge is 2.59. The van der Waals surface area contributed by atoms with Crippen molar-refractivity contribution in [2.75, 3.05) is 26.7 Å². The highest BCUT2D eigenvalue weighted by molar-refractivity contribution is 5.13. The average molecular weight is 266 g/mol. The lowest BCUT2D eigenvalue weighted by Gasteiger charge is -2.62. The molecule has 3 rings (SSSR count). The molecule has 1 saturated heterocycles. The Morgan fingerprint density at radius 3 is 2.74 bits per heavy atom. The number of nitrogens with one attached hydrogen (secondary N) is 1. The molecule has 3 heteroatoms. The van der Waals surface area contributed by atoms with Crippen LogP contribution in [-0.4, -0.2) is 49.8 Å². The molecule has 110 valence electrons. The van der Waals surface area contributed by atoms with Gasteiger partial charge < -0.3 is 15.0 Å². The van der Waals surface area contributed by atoms with Gasteiger partial charge in [0, 0.05) is 30.7 Å². The van der Waals surface area contributed by atoms with Crippen LogP contribution in [0.3, 0.4) is 0 Å². The molecule has 0 aromatic heterocycles. The fourth-order valence-electron chi connectivity index (χ4n) is 4.53. The van der Waals surface area contributed by atoms with Crippen molar-refractivity contribution in [3.63, 3.8) is 0 Å². The number of hydrogen-bond acceptors (Lipinski definition) is 3. The van der Waals surface area contributed by atoms with Crippen molar-refractivity contribution in [1.82, 2.24) is 10.2 Å². The van der Waals surface area contributed by atoms with E-state index in [1.165, 1.54) is 45.2 Å². The molecule has 4 unspecified atom stereocenters. The van der Waals surface area contributed by atoms with Gasteiger partial charge in [0.1, 0.15) is 0 Å². The summed E-state index contributed by atoms with van der Waals surface area (Å²) in [6, 6.07) is 1.45. The van der Waals surface area contributed by atoms with Crippen LogP contribution in [0.25, 0.3) is 0 Å². The Morgan fingerprint density at radius 1 is 1.37 bits per heavy atom. The van der Waals surface area contributed by atoms with E-state index in [2.05, 4.69) is 31.1 Å². The van der Waals surface area contributed by atoms with E-state index in [1.54, 1.807) is 0 Å². The average Bonchev–Trinajstić information content (AvgIpc) is 2.28. The zero-order valence-corrected chi connectivity index (χ0v) is 12.8. The lowest BCUT2D eigenvalue weighted by molar-refractivity contribution is -0.176. The Balaban J connectivity index is 1.56. The van der Waals surface area contributed by atoms with Crippen LogP contribution < -0.4 is 5.32 Å². The molecule has 1 spiro atoms. The van der Waals surface area contributed by atoms with Crippen LogP contribution in [0.15, 0.2) is 0 Å². The first-order valence-corrected chi connectivity index (χ1v) is 8.22. The molecule has 1 aliphatic heterocycles. The molecule has 3 fully saturated rings. The van der Waals surface area contributed by atoms with Gasteiger partial charge in [-0.3, -0.25) is 0 Å². The van der Waals surface area contributed by atoms with Crippen LogP contribution in [0, 0.1) is 11.3 Å². The maximum absolute atomic E-state index is 5.95. The van der Waals surface area contributed by atoms with Crippen molar-refractivity contribution in [1.29, 1.82) is 0 Å². The minimum absolute atomic E-state index is 0.513. The molecule has 0 aromatic rings. The largest absolute Gasteiger partial charge is 0.378 e. The summed E-state index contributed by atoms with van der Waals surface area (Å²) in [6.45, 7) is 7.90. The molecule has 2 aliphatic carbocycles. The van der Waals surface area contributed by atoms with Crippen LogP contribution >= 0.6 is 0 Å². The highest BCUT2D eigenvalue weighted by atomic mass is 16.5. The molecule has 2 saturated carbocycles. The van der Waals surface area contributed by atoms with Gasteiger partial charge in [0.2, 0.25) is 0 Å². The van der Waals surface area contributed by atoms with Gasteiger partial charge in [-0.05, 0) is 52.1 Å². The number of ether oxygens (including phenoxy) is 1. The van der Waals surface area contributed by atoms with Gasteiger partial charge in [-0.15, -0.1) is 0 Å². The van der Waals surface area contributed by atoms with Crippen molar-refractivity contribution in [3.05, 3.63) is 0 Å². The monoisotopic (exact) mass is 266 g/mol. The van der Waals surface area contributed by atoms with Crippen molar-refractivity contribution < 1.29 is 4.74 Å². The summed E-state index contributed by atoms with van der Waals surface area (Å²) in [7, 11) is 2.24. The van der Waals surface area contributed by atoms with Gasteiger partial charge >= 0.3 is 0 Å². The smallest absolute Gasteiger partial charge is 0.0661 e. The van der Waals surface area contributed by atoms with Gasteiger partial charge in [0.25, 0.3) is 0 Å². The zero-order chi connectivity index (χ0) is 13.5. The standard InChI is InChI=1S/C16H30N2O/c1-4-19-15-10-14(16(15)7-5-8-16)17-13-6-9-18(3)11-12(13)2/h12-15,17H,4-11H2,1-3H3. The van der Waals surface area contributed by atoms with E-state index in [9.17, 15) is 0 Å². The second kappa shape index (κ2) is 5.34. The van der Waals surface area contributed by atoms with E-state index in [-0.39, 0.29) is 0 Å². The summed E-state index contributed by atoms with van der Waals surface area (Å²) < 4.78 is 5.95. The first-order chi connectivity index (χ1) is 9.15. The molecule has 3 nitrogen and oxygen atoms in total. The van der Waals surface area contributed by atoms with Gasteiger partial charge in [-0.2, -0.15) is 0 Å². The second-order valence-corrected chi connectivity index (χ2v) is 7.12. The number of piperidine rings is 1. The molecule has 0 aromatic carbocycles. The summed E-state index contributed by atoms with van der Waals surface area (Å²) in [6.07, 6.45) is 7.28. The predicted molar refractivity (Wildman–Crippen MR) is 78.3 cm³/mol. The first-order valence-electron chi connectivity index (χ1n) is 8.22. The maximum atomic E-state index is 5.95. The third-order valence-corrected chi connectivity index (χ3v) is 5.96. The minimum Gasteiger partial charge on any atom is -0.378 e. The summed E-state index contributed by atoms with van der Waals surface area (Å²) in [5.74, 6) is 0.780. The van der Waals surface area contributed by atoms with Crippen LogP contribution in [0.1, 0.15) is 46.0 Å². The molecule has 0 amide bonds. The molecule has 0 bridgehead atoms. The normalized spacial score (nSPS) is 41.8. The lowest BCUT2D eigenvalue weighted by atomic mass is 9.50. The lowest BCUT2D eigenvalue weighted by Crippen LogP contribution is -2.69. The molecule has 19 heavy (non-hydrogen) atoms. The first kappa shape index (κ1) is 13.8.